The molecule has 25 heavy (non-hydrogen) atoms. The highest BCUT2D eigenvalue weighted by Crippen LogP contribution is 2.34. The van der Waals surface area contributed by atoms with Crippen molar-refractivity contribution in [3.05, 3.63) is 65.1 Å². The van der Waals surface area contributed by atoms with Gasteiger partial charge in [-0.1, -0.05) is 36.4 Å². The maximum atomic E-state index is 12.6. The minimum absolute atomic E-state index is 0.0565. The van der Waals surface area contributed by atoms with Crippen LogP contribution >= 0.6 is 11.8 Å². The summed E-state index contributed by atoms with van der Waals surface area (Å²) in [6, 6.07) is 17.4. The van der Waals surface area contributed by atoms with E-state index in [4.69, 9.17) is 4.74 Å². The summed E-state index contributed by atoms with van der Waals surface area (Å²) in [5, 5.41) is 0.671. The minimum Gasteiger partial charge on any atom is -0.490 e. The first-order chi connectivity index (χ1) is 12.0. The van der Waals surface area contributed by atoms with Gasteiger partial charge in [0.05, 0.1) is 16.7 Å². The fraction of sp³-hybridized carbons (Fsp3) is 0.200. The van der Waals surface area contributed by atoms with Gasteiger partial charge in [-0.15, -0.1) is 0 Å². The Morgan fingerprint density at radius 2 is 1.76 bits per heavy atom. The van der Waals surface area contributed by atoms with Crippen molar-refractivity contribution in [2.45, 2.75) is 20.0 Å². The summed E-state index contributed by atoms with van der Waals surface area (Å²) in [6.45, 7) is 3.97. The van der Waals surface area contributed by atoms with Crippen molar-refractivity contribution in [1.29, 1.82) is 0 Å². The Hall–Kier alpha value is -2.53. The second-order valence-corrected chi connectivity index (χ2v) is 6.92. The zero-order chi connectivity index (χ0) is 17.8. The van der Waals surface area contributed by atoms with Gasteiger partial charge < -0.3 is 4.74 Å². The van der Waals surface area contributed by atoms with E-state index in [9.17, 15) is 4.79 Å². The molecule has 0 radical (unpaired) electrons. The fourth-order valence-corrected chi connectivity index (χ4v) is 3.34. The summed E-state index contributed by atoms with van der Waals surface area (Å²) in [5.41, 5.74) is 1.72. The molecule has 1 aliphatic heterocycles. The zero-order valence-corrected chi connectivity index (χ0v) is 15.3. The summed E-state index contributed by atoms with van der Waals surface area (Å²) in [7, 11) is 1.74. The number of aliphatic imine (C=N–C) groups is 1. The number of hydrogen-bond acceptors (Lipinski definition) is 4. The van der Waals surface area contributed by atoms with Crippen molar-refractivity contribution in [3.8, 4) is 5.75 Å². The van der Waals surface area contributed by atoms with Crippen LogP contribution in [0, 0.1) is 0 Å². The Morgan fingerprint density at radius 1 is 1.08 bits per heavy atom. The Labute approximate surface area is 152 Å². The molecule has 3 rings (SSSR count). The Morgan fingerprint density at radius 3 is 2.48 bits per heavy atom. The monoisotopic (exact) mass is 352 g/mol. The molecule has 0 atom stereocenters. The Kier molecular flexibility index (Phi) is 5.24. The van der Waals surface area contributed by atoms with Gasteiger partial charge in [0.15, 0.2) is 5.17 Å². The van der Waals surface area contributed by atoms with Gasteiger partial charge in [0.25, 0.3) is 5.91 Å². The zero-order valence-electron chi connectivity index (χ0n) is 14.5. The van der Waals surface area contributed by atoms with E-state index in [0.717, 1.165) is 17.0 Å². The van der Waals surface area contributed by atoms with E-state index in [0.29, 0.717) is 10.1 Å². The second kappa shape index (κ2) is 7.57. The minimum atomic E-state index is -0.0565. The van der Waals surface area contributed by atoms with E-state index in [1.165, 1.54) is 11.8 Å². The first-order valence-corrected chi connectivity index (χ1v) is 8.93. The standard InChI is InChI=1S/C20H20N2O2S/c1-14(2)24-17-12-8-7-9-15(17)13-18-19(23)22(3)20(25-18)21-16-10-5-4-6-11-16/h4-14H,1-3H3/b18-13+,21-20?. The molecule has 0 aromatic heterocycles. The molecule has 1 heterocycles. The first-order valence-electron chi connectivity index (χ1n) is 8.11. The highest BCUT2D eigenvalue weighted by atomic mass is 32.2. The summed E-state index contributed by atoms with van der Waals surface area (Å²) in [4.78, 5) is 19.3. The van der Waals surface area contributed by atoms with Gasteiger partial charge in [0.1, 0.15) is 5.75 Å². The molecule has 1 aliphatic rings. The van der Waals surface area contributed by atoms with Crippen LogP contribution in [0.3, 0.4) is 0 Å². The van der Waals surface area contributed by atoms with Gasteiger partial charge >= 0.3 is 0 Å². The van der Waals surface area contributed by atoms with Crippen molar-refractivity contribution < 1.29 is 9.53 Å². The van der Waals surface area contributed by atoms with Gasteiger partial charge in [-0.05, 0) is 49.9 Å². The van der Waals surface area contributed by atoms with Crippen molar-refractivity contribution in [3.63, 3.8) is 0 Å². The summed E-state index contributed by atoms with van der Waals surface area (Å²) in [6.07, 6.45) is 1.94. The molecule has 1 fully saturated rings. The molecule has 0 spiro atoms. The molecule has 4 nitrogen and oxygen atoms in total. The van der Waals surface area contributed by atoms with Crippen LogP contribution in [0.5, 0.6) is 5.75 Å². The fourth-order valence-electron chi connectivity index (χ4n) is 2.37. The molecule has 128 valence electrons. The van der Waals surface area contributed by atoms with Crippen LogP contribution in [0.25, 0.3) is 6.08 Å². The van der Waals surface area contributed by atoms with E-state index in [1.54, 1.807) is 11.9 Å². The maximum Gasteiger partial charge on any atom is 0.266 e. The average Bonchev–Trinajstić information content (AvgIpc) is 2.85. The van der Waals surface area contributed by atoms with Gasteiger partial charge in [-0.25, -0.2) is 4.99 Å². The predicted molar refractivity (Wildman–Crippen MR) is 104 cm³/mol. The number of carbonyl (C=O) groups excluding carboxylic acids is 1. The second-order valence-electron chi connectivity index (χ2n) is 5.91. The number of nitrogens with zero attached hydrogens (tertiary/aromatic N) is 2. The summed E-state index contributed by atoms with van der Waals surface area (Å²) < 4.78 is 5.83. The number of ether oxygens (including phenoxy) is 1. The van der Waals surface area contributed by atoms with Gasteiger partial charge in [0.2, 0.25) is 0 Å². The lowest BCUT2D eigenvalue weighted by molar-refractivity contribution is -0.121. The number of benzene rings is 2. The highest BCUT2D eigenvalue weighted by molar-refractivity contribution is 8.18. The molecule has 0 saturated carbocycles. The maximum absolute atomic E-state index is 12.6. The number of thioether (sulfide) groups is 1. The van der Waals surface area contributed by atoms with E-state index in [-0.39, 0.29) is 12.0 Å². The molecular formula is C20H20N2O2S. The van der Waals surface area contributed by atoms with Crippen molar-refractivity contribution >= 4 is 34.6 Å². The molecule has 5 heteroatoms. The molecular weight excluding hydrogens is 332 g/mol. The van der Waals surface area contributed by atoms with E-state index >= 15 is 0 Å². The third-order valence-electron chi connectivity index (χ3n) is 3.55. The van der Waals surface area contributed by atoms with Gasteiger partial charge in [0, 0.05) is 12.6 Å². The number of rotatable bonds is 4. The molecule has 0 aliphatic carbocycles. The Balaban J connectivity index is 1.90. The smallest absolute Gasteiger partial charge is 0.266 e. The van der Waals surface area contributed by atoms with E-state index in [1.807, 2.05) is 74.5 Å². The Bertz CT molecular complexity index is 829. The molecule has 0 unspecified atom stereocenters. The van der Waals surface area contributed by atoms with Crippen LogP contribution in [-0.4, -0.2) is 29.1 Å². The van der Waals surface area contributed by atoms with Crippen LogP contribution in [0.15, 0.2) is 64.5 Å². The van der Waals surface area contributed by atoms with Crippen LogP contribution in [0.4, 0.5) is 5.69 Å². The third kappa shape index (κ3) is 4.12. The van der Waals surface area contributed by atoms with Gasteiger partial charge in [-0.2, -0.15) is 0 Å². The first kappa shape index (κ1) is 17.3. The number of carbonyl (C=O) groups is 1. The van der Waals surface area contributed by atoms with Crippen molar-refractivity contribution in [1.82, 2.24) is 4.90 Å². The largest absolute Gasteiger partial charge is 0.490 e. The number of amides is 1. The molecule has 0 N–H and O–H groups in total. The summed E-state index contributed by atoms with van der Waals surface area (Å²) >= 11 is 1.38. The van der Waals surface area contributed by atoms with Crippen molar-refractivity contribution in [2.75, 3.05) is 7.05 Å². The average molecular weight is 352 g/mol. The molecule has 0 bridgehead atoms. The molecule has 2 aromatic carbocycles. The molecule has 2 aromatic rings. The van der Waals surface area contributed by atoms with Gasteiger partial charge in [-0.3, -0.25) is 9.69 Å². The molecule has 1 amide bonds. The lowest BCUT2D eigenvalue weighted by atomic mass is 10.2. The van der Waals surface area contributed by atoms with Crippen molar-refractivity contribution in [2.24, 2.45) is 4.99 Å². The van der Waals surface area contributed by atoms with E-state index in [2.05, 4.69) is 4.99 Å². The van der Waals surface area contributed by atoms with Crippen LogP contribution in [-0.2, 0) is 4.79 Å². The SMILES string of the molecule is CC(C)Oc1ccccc1/C=C1/SC(=Nc2ccccc2)N(C)C1=O. The van der Waals surface area contributed by atoms with E-state index < -0.39 is 0 Å². The van der Waals surface area contributed by atoms with Crippen LogP contribution in [0.1, 0.15) is 19.4 Å². The summed E-state index contributed by atoms with van der Waals surface area (Å²) in [5.74, 6) is 0.716. The quantitative estimate of drug-likeness (QED) is 0.749. The lowest BCUT2D eigenvalue weighted by Crippen LogP contribution is -2.23. The highest BCUT2D eigenvalue weighted by Gasteiger charge is 2.30. The third-order valence-corrected chi connectivity index (χ3v) is 4.61. The predicted octanol–water partition coefficient (Wildman–Crippen LogP) is 4.71. The number of likely N-dealkylation sites (N-methyl/N-ethyl adjacent to an activating group) is 1. The van der Waals surface area contributed by atoms with Crippen LogP contribution in [0.2, 0.25) is 0 Å². The lowest BCUT2D eigenvalue weighted by Gasteiger charge is -2.12. The topological polar surface area (TPSA) is 41.9 Å². The molecule has 1 saturated heterocycles. The number of para-hydroxylation sites is 2. The normalized spacial score (nSPS) is 17.8. The van der Waals surface area contributed by atoms with Crippen LogP contribution < -0.4 is 4.74 Å². The number of hydrogen-bond donors (Lipinski definition) is 0. The number of amidine groups is 1.